The smallest absolute Gasteiger partial charge is 0.109 e. The molecule has 0 radical (unpaired) electrons. The molecular formula is C12H19BrN2. The minimum Gasteiger partial charge on any atom is -0.307 e. The van der Waals surface area contributed by atoms with Crippen LogP contribution in [-0.2, 0) is 0 Å². The van der Waals surface area contributed by atoms with Crippen molar-refractivity contribution in [3.05, 3.63) is 23.2 Å². The highest BCUT2D eigenvalue weighted by Gasteiger charge is 2.02. The third kappa shape index (κ3) is 3.82. The van der Waals surface area contributed by atoms with Gasteiger partial charge in [-0.15, -0.1) is 0 Å². The van der Waals surface area contributed by atoms with Crippen LogP contribution in [-0.4, -0.2) is 9.55 Å². The Morgan fingerprint density at radius 3 is 2.80 bits per heavy atom. The van der Waals surface area contributed by atoms with E-state index in [9.17, 15) is 0 Å². The number of rotatable bonds is 6. The van der Waals surface area contributed by atoms with Gasteiger partial charge in [0.15, 0.2) is 0 Å². The fourth-order valence-electron chi connectivity index (χ4n) is 1.64. The highest BCUT2D eigenvalue weighted by molar-refractivity contribution is 9.11. The first kappa shape index (κ1) is 12.5. The minimum absolute atomic E-state index is 1.05. The topological polar surface area (TPSA) is 17.8 Å². The van der Waals surface area contributed by atoms with Gasteiger partial charge in [0, 0.05) is 23.1 Å². The van der Waals surface area contributed by atoms with Gasteiger partial charge < -0.3 is 4.57 Å². The predicted molar refractivity (Wildman–Crippen MR) is 68.9 cm³/mol. The Hall–Kier alpha value is -0.570. The van der Waals surface area contributed by atoms with Crippen molar-refractivity contribution in [2.75, 3.05) is 0 Å². The first-order valence-corrected chi connectivity index (χ1v) is 6.50. The molecule has 0 fully saturated rings. The summed E-state index contributed by atoms with van der Waals surface area (Å²) in [6, 6.07) is 0. The number of allylic oxidation sites excluding steroid dienone is 1. The molecular weight excluding hydrogens is 252 g/mol. The molecule has 1 rings (SSSR count). The fraction of sp³-hybridized carbons (Fsp3) is 0.583. The second kappa shape index (κ2) is 6.83. The van der Waals surface area contributed by atoms with Crippen molar-refractivity contribution in [2.24, 2.45) is 0 Å². The van der Waals surface area contributed by atoms with Crippen molar-refractivity contribution in [3.63, 3.8) is 0 Å². The molecule has 3 heteroatoms. The maximum absolute atomic E-state index is 4.23. The summed E-state index contributed by atoms with van der Waals surface area (Å²) in [4.78, 5) is 6.24. The van der Waals surface area contributed by atoms with Crippen molar-refractivity contribution >= 4 is 21.6 Å². The van der Waals surface area contributed by atoms with Crippen LogP contribution in [0.25, 0.3) is 5.70 Å². The molecule has 0 spiro atoms. The molecule has 84 valence electrons. The number of aryl methyl sites for hydroxylation is 1. The Labute approximate surface area is 101 Å². The van der Waals surface area contributed by atoms with Crippen LogP contribution in [0.15, 0.2) is 17.4 Å². The van der Waals surface area contributed by atoms with Gasteiger partial charge in [-0.3, -0.25) is 0 Å². The molecule has 0 aromatic carbocycles. The lowest BCUT2D eigenvalue weighted by Crippen LogP contribution is -1.98. The predicted octanol–water partition coefficient (Wildman–Crippen LogP) is 4.36. The molecule has 0 atom stereocenters. The highest BCUT2D eigenvalue weighted by atomic mass is 79.9. The molecule has 0 unspecified atom stereocenters. The van der Waals surface area contributed by atoms with Gasteiger partial charge in [0.1, 0.15) is 5.82 Å². The molecule has 0 aliphatic carbocycles. The van der Waals surface area contributed by atoms with E-state index >= 15 is 0 Å². The summed E-state index contributed by atoms with van der Waals surface area (Å²) in [5.41, 5.74) is 1.29. The molecule has 1 aromatic rings. The van der Waals surface area contributed by atoms with Gasteiger partial charge in [0.05, 0.1) is 0 Å². The van der Waals surface area contributed by atoms with E-state index in [1.54, 1.807) is 0 Å². The summed E-state index contributed by atoms with van der Waals surface area (Å²) in [5, 5.41) is 0. The number of imidazole rings is 1. The Bertz CT molecular complexity index is 315. The maximum Gasteiger partial charge on any atom is 0.109 e. The van der Waals surface area contributed by atoms with Crippen molar-refractivity contribution in [1.29, 1.82) is 0 Å². The van der Waals surface area contributed by atoms with Crippen LogP contribution in [0.1, 0.15) is 44.9 Å². The van der Waals surface area contributed by atoms with Crippen molar-refractivity contribution in [1.82, 2.24) is 9.55 Å². The monoisotopic (exact) mass is 270 g/mol. The number of unbranched alkanes of at least 4 members (excludes halogenated alkanes) is 3. The van der Waals surface area contributed by atoms with E-state index in [-0.39, 0.29) is 0 Å². The Morgan fingerprint density at radius 1 is 1.47 bits per heavy atom. The number of aromatic nitrogens is 2. The van der Waals surface area contributed by atoms with Gasteiger partial charge in [-0.1, -0.05) is 42.1 Å². The van der Waals surface area contributed by atoms with Crippen LogP contribution >= 0.6 is 15.9 Å². The molecule has 1 heterocycles. The third-order valence-corrected chi connectivity index (χ3v) is 3.08. The lowest BCUT2D eigenvalue weighted by Gasteiger charge is -2.09. The van der Waals surface area contributed by atoms with E-state index in [0.29, 0.717) is 0 Å². The minimum atomic E-state index is 1.05. The number of nitrogens with zero attached hydrogens (tertiary/aromatic N) is 2. The Balaban J connectivity index is 2.48. The molecule has 0 aliphatic rings. The van der Waals surface area contributed by atoms with Crippen LogP contribution in [0, 0.1) is 6.92 Å². The molecule has 0 aliphatic heterocycles. The first-order chi connectivity index (χ1) is 7.29. The van der Waals surface area contributed by atoms with Crippen LogP contribution in [0.5, 0.6) is 0 Å². The molecule has 0 bridgehead atoms. The van der Waals surface area contributed by atoms with E-state index in [4.69, 9.17) is 0 Å². The summed E-state index contributed by atoms with van der Waals surface area (Å²) >= 11 is 3.43. The Kier molecular flexibility index (Phi) is 5.69. The van der Waals surface area contributed by atoms with Gasteiger partial charge >= 0.3 is 0 Å². The van der Waals surface area contributed by atoms with E-state index in [1.807, 2.05) is 24.3 Å². The maximum atomic E-state index is 4.23. The molecule has 1 aromatic heterocycles. The van der Waals surface area contributed by atoms with Gasteiger partial charge in [0.25, 0.3) is 0 Å². The van der Waals surface area contributed by atoms with E-state index < -0.39 is 0 Å². The van der Waals surface area contributed by atoms with E-state index in [0.717, 1.165) is 12.2 Å². The van der Waals surface area contributed by atoms with Crippen LogP contribution in [0.2, 0.25) is 0 Å². The zero-order chi connectivity index (χ0) is 11.1. The van der Waals surface area contributed by atoms with Crippen LogP contribution in [0.4, 0.5) is 0 Å². The Morgan fingerprint density at radius 2 is 2.27 bits per heavy atom. The quantitative estimate of drug-likeness (QED) is 0.703. The summed E-state index contributed by atoms with van der Waals surface area (Å²) in [5.74, 6) is 1.05. The molecule has 2 nitrogen and oxygen atoms in total. The summed E-state index contributed by atoms with van der Waals surface area (Å²) < 4.78 is 2.14. The van der Waals surface area contributed by atoms with Gasteiger partial charge in [0.2, 0.25) is 0 Å². The normalized spacial score (nSPS) is 12.1. The van der Waals surface area contributed by atoms with Crippen molar-refractivity contribution in [3.8, 4) is 0 Å². The molecule has 0 N–H and O–H groups in total. The second-order valence-corrected chi connectivity index (χ2v) is 4.21. The zero-order valence-corrected chi connectivity index (χ0v) is 11.1. The van der Waals surface area contributed by atoms with Gasteiger partial charge in [-0.2, -0.15) is 0 Å². The average molecular weight is 271 g/mol. The number of hydrogen-bond donors (Lipinski definition) is 0. The summed E-state index contributed by atoms with van der Waals surface area (Å²) in [6.07, 6.45) is 10.2. The van der Waals surface area contributed by atoms with Gasteiger partial charge in [-0.25, -0.2) is 4.98 Å². The van der Waals surface area contributed by atoms with E-state index in [2.05, 4.69) is 32.4 Å². The SMILES string of the molecule is CCCCCC/C(=C/Br)n1ccnc1C. The zero-order valence-electron chi connectivity index (χ0n) is 9.54. The largest absolute Gasteiger partial charge is 0.307 e. The number of hydrogen-bond acceptors (Lipinski definition) is 1. The third-order valence-electron chi connectivity index (χ3n) is 2.55. The molecule has 0 saturated heterocycles. The van der Waals surface area contributed by atoms with Crippen LogP contribution in [0.3, 0.4) is 0 Å². The lowest BCUT2D eigenvalue weighted by molar-refractivity contribution is 0.670. The van der Waals surface area contributed by atoms with Gasteiger partial charge in [-0.05, 0) is 19.8 Å². The fourth-order valence-corrected chi connectivity index (χ4v) is 2.09. The lowest BCUT2D eigenvalue weighted by atomic mass is 10.1. The highest BCUT2D eigenvalue weighted by Crippen LogP contribution is 2.18. The van der Waals surface area contributed by atoms with E-state index in [1.165, 1.54) is 31.4 Å². The van der Waals surface area contributed by atoms with Crippen LogP contribution < -0.4 is 0 Å². The van der Waals surface area contributed by atoms with Crippen molar-refractivity contribution < 1.29 is 0 Å². The number of halogens is 1. The molecule has 0 amide bonds. The van der Waals surface area contributed by atoms with Crippen molar-refractivity contribution in [2.45, 2.75) is 46.0 Å². The summed E-state index contributed by atoms with van der Waals surface area (Å²) in [7, 11) is 0. The first-order valence-electron chi connectivity index (χ1n) is 5.59. The second-order valence-electron chi connectivity index (χ2n) is 3.76. The molecule has 0 saturated carbocycles. The summed E-state index contributed by atoms with van der Waals surface area (Å²) in [6.45, 7) is 4.27. The standard InChI is InChI=1S/C12H19BrN2/c1-3-4-5-6-7-12(10-13)15-9-8-14-11(15)2/h8-10H,3-7H2,1-2H3/b12-10-. The molecule has 15 heavy (non-hydrogen) atoms. The average Bonchev–Trinajstić information content (AvgIpc) is 2.65.